The highest BCUT2D eigenvalue weighted by Crippen LogP contribution is 2.32. The van der Waals surface area contributed by atoms with Gasteiger partial charge in [0.15, 0.2) is 0 Å². The number of pyridine rings is 2. The SMILES string of the molecule is O=c1c(NC2CC2)c(N2CCC(Nc3nccc4nc(C(F)(F)F)ccc34)CC2)c1=O. The van der Waals surface area contributed by atoms with Crippen molar-refractivity contribution >= 4 is 28.1 Å². The van der Waals surface area contributed by atoms with Crippen LogP contribution in [0.4, 0.5) is 30.4 Å². The van der Waals surface area contributed by atoms with Crippen molar-refractivity contribution in [2.24, 2.45) is 0 Å². The molecule has 2 N–H and O–H groups in total. The third-order valence-corrected chi connectivity index (χ3v) is 5.87. The molecule has 0 bridgehead atoms. The van der Waals surface area contributed by atoms with Crippen LogP contribution in [-0.2, 0) is 6.18 Å². The van der Waals surface area contributed by atoms with Gasteiger partial charge in [0.05, 0.1) is 5.52 Å². The summed E-state index contributed by atoms with van der Waals surface area (Å²) in [7, 11) is 0. The van der Waals surface area contributed by atoms with Crippen LogP contribution in [-0.4, -0.2) is 35.1 Å². The Labute approximate surface area is 175 Å². The molecule has 3 heterocycles. The second kappa shape index (κ2) is 7.21. The zero-order chi connectivity index (χ0) is 21.8. The Balaban J connectivity index is 1.28. The van der Waals surface area contributed by atoms with Crippen molar-refractivity contribution in [3.8, 4) is 0 Å². The first-order valence-corrected chi connectivity index (χ1v) is 10.3. The minimum atomic E-state index is -4.50. The summed E-state index contributed by atoms with van der Waals surface area (Å²) < 4.78 is 38.8. The van der Waals surface area contributed by atoms with Gasteiger partial charge in [-0.2, -0.15) is 13.2 Å². The molecule has 1 aromatic carbocycles. The van der Waals surface area contributed by atoms with Crippen LogP contribution in [0.3, 0.4) is 0 Å². The fourth-order valence-electron chi connectivity index (χ4n) is 4.01. The Morgan fingerprint density at radius 1 is 0.935 bits per heavy atom. The number of rotatable bonds is 5. The van der Waals surface area contributed by atoms with Crippen LogP contribution in [0.5, 0.6) is 0 Å². The number of fused-ring (bicyclic) bond motifs is 1. The largest absolute Gasteiger partial charge is 0.433 e. The third kappa shape index (κ3) is 3.70. The fourth-order valence-corrected chi connectivity index (χ4v) is 4.01. The number of nitrogens with zero attached hydrogens (tertiary/aromatic N) is 3. The number of hydrogen-bond donors (Lipinski definition) is 2. The van der Waals surface area contributed by atoms with Gasteiger partial charge in [-0.25, -0.2) is 9.97 Å². The first-order valence-electron chi connectivity index (χ1n) is 10.3. The Hall–Kier alpha value is -3.17. The van der Waals surface area contributed by atoms with Crippen molar-refractivity contribution in [1.29, 1.82) is 0 Å². The molecule has 2 aromatic heterocycles. The third-order valence-electron chi connectivity index (χ3n) is 5.87. The van der Waals surface area contributed by atoms with Crippen LogP contribution < -0.4 is 26.4 Å². The second-order valence-corrected chi connectivity index (χ2v) is 8.13. The number of nitrogens with one attached hydrogen (secondary N) is 2. The number of anilines is 3. The molecule has 3 aromatic rings. The summed E-state index contributed by atoms with van der Waals surface area (Å²) in [6.07, 6.45) is 0.372. The zero-order valence-electron chi connectivity index (χ0n) is 16.5. The van der Waals surface area contributed by atoms with Gasteiger partial charge in [0.2, 0.25) is 0 Å². The summed E-state index contributed by atoms with van der Waals surface area (Å²) in [6, 6.07) is 4.14. The Bertz CT molecular complexity index is 1210. The van der Waals surface area contributed by atoms with Gasteiger partial charge in [0.25, 0.3) is 10.9 Å². The van der Waals surface area contributed by atoms with Crippen LogP contribution in [0.1, 0.15) is 31.4 Å². The Morgan fingerprint density at radius 2 is 1.65 bits per heavy atom. The van der Waals surface area contributed by atoms with Crippen LogP contribution in [0.2, 0.25) is 0 Å². The summed E-state index contributed by atoms with van der Waals surface area (Å²) in [5.41, 5.74) is -0.647. The van der Waals surface area contributed by atoms with Gasteiger partial charge in [-0.05, 0) is 43.9 Å². The van der Waals surface area contributed by atoms with Crippen molar-refractivity contribution in [1.82, 2.24) is 9.97 Å². The number of halogens is 3. The van der Waals surface area contributed by atoms with Crippen molar-refractivity contribution < 1.29 is 13.2 Å². The minimum absolute atomic E-state index is 0.0444. The maximum atomic E-state index is 12.9. The molecule has 5 rings (SSSR count). The van der Waals surface area contributed by atoms with Gasteiger partial charge in [-0.3, -0.25) is 9.59 Å². The lowest BCUT2D eigenvalue weighted by molar-refractivity contribution is -0.140. The van der Waals surface area contributed by atoms with Gasteiger partial charge in [0, 0.05) is 36.8 Å². The molecule has 0 atom stereocenters. The molecule has 162 valence electrons. The van der Waals surface area contributed by atoms with E-state index in [1.54, 1.807) is 0 Å². The normalized spacial score (nSPS) is 18.0. The van der Waals surface area contributed by atoms with Crippen molar-refractivity contribution in [3.05, 3.63) is 50.5 Å². The van der Waals surface area contributed by atoms with Crippen LogP contribution in [0, 0.1) is 0 Å². The smallest absolute Gasteiger partial charge is 0.377 e. The summed E-state index contributed by atoms with van der Waals surface area (Å²) in [6.45, 7) is 1.20. The molecule has 2 aliphatic rings. The van der Waals surface area contributed by atoms with E-state index < -0.39 is 22.7 Å². The summed E-state index contributed by atoms with van der Waals surface area (Å²) in [5.74, 6) is 0.488. The molecule has 0 amide bonds. The van der Waals surface area contributed by atoms with Gasteiger partial charge >= 0.3 is 6.18 Å². The van der Waals surface area contributed by atoms with Crippen molar-refractivity contribution in [2.75, 3.05) is 28.6 Å². The highest BCUT2D eigenvalue weighted by atomic mass is 19.4. The van der Waals surface area contributed by atoms with Gasteiger partial charge in [-0.1, -0.05) is 0 Å². The molecule has 10 heteroatoms. The lowest BCUT2D eigenvalue weighted by Crippen LogP contribution is -2.47. The Morgan fingerprint density at radius 3 is 2.32 bits per heavy atom. The summed E-state index contributed by atoms with van der Waals surface area (Å²) in [4.78, 5) is 33.9. The summed E-state index contributed by atoms with van der Waals surface area (Å²) in [5, 5.41) is 6.99. The van der Waals surface area contributed by atoms with Crippen molar-refractivity contribution in [3.63, 3.8) is 0 Å². The minimum Gasteiger partial charge on any atom is -0.377 e. The molecule has 0 radical (unpaired) electrons. The second-order valence-electron chi connectivity index (χ2n) is 8.13. The molecule has 1 aliphatic heterocycles. The van der Waals surface area contributed by atoms with E-state index >= 15 is 0 Å². The van der Waals surface area contributed by atoms with E-state index in [4.69, 9.17) is 0 Å². The van der Waals surface area contributed by atoms with Gasteiger partial charge in [-0.15, -0.1) is 0 Å². The van der Waals surface area contributed by atoms with Crippen molar-refractivity contribution in [2.45, 2.75) is 43.9 Å². The average Bonchev–Trinajstić information content (AvgIpc) is 3.58. The predicted molar refractivity (Wildman–Crippen MR) is 111 cm³/mol. The molecule has 1 saturated heterocycles. The number of alkyl halides is 3. The highest BCUT2D eigenvalue weighted by Gasteiger charge is 2.34. The summed E-state index contributed by atoms with van der Waals surface area (Å²) >= 11 is 0. The maximum absolute atomic E-state index is 12.9. The number of aromatic nitrogens is 2. The lowest BCUT2D eigenvalue weighted by Gasteiger charge is -2.35. The quantitative estimate of drug-likeness (QED) is 0.601. The standard InChI is InChI=1S/C21H20F3N5O2/c22-21(23,24)15-4-3-13-14(28-15)5-8-25-20(13)27-12-6-9-29(10-7-12)17-16(18(30)19(17)31)26-11-1-2-11/h3-5,8,11-12,26H,1-2,6-7,9-10H2,(H,25,27). The molecule has 0 spiro atoms. The van der Waals surface area contributed by atoms with Crippen LogP contribution >= 0.6 is 0 Å². The van der Waals surface area contributed by atoms with E-state index in [1.165, 1.54) is 18.3 Å². The number of piperidine rings is 1. The monoisotopic (exact) mass is 431 g/mol. The maximum Gasteiger partial charge on any atom is 0.433 e. The van der Waals surface area contributed by atoms with E-state index in [-0.39, 0.29) is 11.6 Å². The molecule has 1 aliphatic carbocycles. The molecule has 2 fully saturated rings. The van der Waals surface area contributed by atoms with Gasteiger partial charge < -0.3 is 15.5 Å². The van der Waals surface area contributed by atoms with E-state index in [9.17, 15) is 22.8 Å². The number of hydrogen-bond acceptors (Lipinski definition) is 7. The van der Waals surface area contributed by atoms with Crippen LogP contribution in [0.15, 0.2) is 34.0 Å². The fraction of sp³-hybridized carbons (Fsp3) is 0.429. The predicted octanol–water partition coefficient (Wildman–Crippen LogP) is 2.90. The van der Waals surface area contributed by atoms with Gasteiger partial charge in [0.1, 0.15) is 22.9 Å². The van der Waals surface area contributed by atoms with E-state index in [2.05, 4.69) is 20.6 Å². The molecule has 31 heavy (non-hydrogen) atoms. The molecule has 0 unspecified atom stereocenters. The first-order chi connectivity index (χ1) is 14.8. The lowest BCUT2D eigenvalue weighted by atomic mass is 10.0. The van der Waals surface area contributed by atoms with E-state index in [0.717, 1.165) is 18.9 Å². The molecular formula is C21H20F3N5O2. The Kier molecular flexibility index (Phi) is 4.60. The van der Waals surface area contributed by atoms with E-state index in [1.807, 2.05) is 4.90 Å². The first kappa shape index (κ1) is 19.8. The molecule has 7 nitrogen and oxygen atoms in total. The topological polar surface area (TPSA) is 87.2 Å². The zero-order valence-corrected chi connectivity index (χ0v) is 16.5. The average molecular weight is 431 g/mol. The molecular weight excluding hydrogens is 411 g/mol. The highest BCUT2D eigenvalue weighted by molar-refractivity contribution is 5.89. The molecule has 1 saturated carbocycles. The van der Waals surface area contributed by atoms with E-state index in [0.29, 0.717) is 54.6 Å². The van der Waals surface area contributed by atoms with Crippen LogP contribution in [0.25, 0.3) is 10.9 Å².